The number of fused-ring (bicyclic) bond motifs is 2. The molecule has 4 aromatic carbocycles. The number of benzene rings is 4. The second-order valence-electron chi connectivity index (χ2n) is 9.91. The summed E-state index contributed by atoms with van der Waals surface area (Å²) in [6.07, 6.45) is -0.832. The lowest BCUT2D eigenvalue weighted by Gasteiger charge is -2.27. The molecule has 3 N–H and O–H groups in total. The van der Waals surface area contributed by atoms with Crippen LogP contribution in [0.3, 0.4) is 0 Å². The van der Waals surface area contributed by atoms with Crippen LogP contribution in [0.1, 0.15) is 28.4 Å². The van der Waals surface area contributed by atoms with Crippen LogP contribution >= 0.6 is 0 Å². The van der Waals surface area contributed by atoms with Gasteiger partial charge in [-0.2, -0.15) is 0 Å². The van der Waals surface area contributed by atoms with Crippen molar-refractivity contribution in [2.75, 3.05) is 21.3 Å². The van der Waals surface area contributed by atoms with Crippen LogP contribution in [-0.2, 0) is 0 Å². The monoisotopic (exact) mass is 582 g/mol. The molecule has 0 saturated heterocycles. The van der Waals surface area contributed by atoms with Gasteiger partial charge in [-0.3, -0.25) is 9.59 Å². The third-order valence-corrected chi connectivity index (χ3v) is 7.41. The van der Waals surface area contributed by atoms with Crippen LogP contribution in [-0.4, -0.2) is 42.4 Å². The summed E-state index contributed by atoms with van der Waals surface area (Å²) in [4.78, 5) is 26.3. The number of hydrogen-bond donors (Lipinski definition) is 3. The Hall–Kier alpha value is -5.64. The van der Waals surface area contributed by atoms with Crippen LogP contribution in [0.4, 0.5) is 0 Å². The number of Topliss-reactive ketones (excluding diaryl/α,β-unsaturated/α-hetero) is 1. The summed E-state index contributed by atoms with van der Waals surface area (Å²) in [5.41, 5.74) is 1.03. The Labute approximate surface area is 244 Å². The molecule has 1 aliphatic rings. The molecular formula is C33H26O10. The number of hydrogen-bond acceptors (Lipinski definition) is 10. The number of ketones is 1. The van der Waals surface area contributed by atoms with Crippen LogP contribution in [0.2, 0.25) is 0 Å². The van der Waals surface area contributed by atoms with Gasteiger partial charge in [0, 0.05) is 35.4 Å². The molecule has 0 saturated carbocycles. The van der Waals surface area contributed by atoms with Crippen molar-refractivity contribution < 1.29 is 43.5 Å². The molecule has 0 spiro atoms. The fourth-order valence-electron chi connectivity index (χ4n) is 5.30. The zero-order valence-electron chi connectivity index (χ0n) is 23.3. The fraction of sp³-hybridized carbons (Fsp3) is 0.152. The average molecular weight is 583 g/mol. The number of carbonyl (C=O) groups excluding carboxylic acids is 1. The van der Waals surface area contributed by atoms with Crippen LogP contribution in [0, 0.1) is 0 Å². The zero-order chi connectivity index (χ0) is 30.4. The summed E-state index contributed by atoms with van der Waals surface area (Å²) >= 11 is 0. The highest BCUT2D eigenvalue weighted by Crippen LogP contribution is 2.47. The van der Waals surface area contributed by atoms with E-state index in [0.717, 1.165) is 6.07 Å². The first-order valence-corrected chi connectivity index (χ1v) is 13.2. The standard InChI is InChI=1S/C33H26O10/c1-39-18-7-4-16(5-8-18)27-15-25(38)32-23(36)13-22(35)30(33(32)43-27)20-10-17(6-9-26(20)41-3)28-14-24(37)31-21(34)11-19(40-2)12-29(31)42-28/h4-13,15,28,34-36H,14H2,1-3H3/t28-/m0/s1. The number of phenolic OH excluding ortho intramolecular Hbond substituents is 3. The maximum atomic E-state index is 13.3. The van der Waals surface area contributed by atoms with Crippen LogP contribution in [0.15, 0.2) is 75.9 Å². The molecule has 1 atom stereocenters. The molecule has 5 aromatic rings. The number of rotatable bonds is 6. The summed E-state index contributed by atoms with van der Waals surface area (Å²) in [5.74, 6) is 0.256. The van der Waals surface area contributed by atoms with Crippen molar-refractivity contribution in [3.63, 3.8) is 0 Å². The number of carbonyl (C=O) groups is 1. The summed E-state index contributed by atoms with van der Waals surface area (Å²) in [6.45, 7) is 0. The predicted octanol–water partition coefficient (Wildman–Crippen LogP) is 5.98. The summed E-state index contributed by atoms with van der Waals surface area (Å²) < 4.78 is 28.4. The molecule has 2 heterocycles. The van der Waals surface area contributed by atoms with Crippen molar-refractivity contribution in [1.29, 1.82) is 0 Å². The van der Waals surface area contributed by atoms with Gasteiger partial charge in [-0.25, -0.2) is 0 Å². The normalized spacial score (nSPS) is 14.2. The highest BCUT2D eigenvalue weighted by atomic mass is 16.5. The van der Waals surface area contributed by atoms with E-state index in [-0.39, 0.29) is 57.3 Å². The predicted molar refractivity (Wildman–Crippen MR) is 157 cm³/mol. The van der Waals surface area contributed by atoms with E-state index in [1.807, 2.05) is 0 Å². The second kappa shape index (κ2) is 10.6. The van der Waals surface area contributed by atoms with Gasteiger partial charge in [-0.15, -0.1) is 0 Å². The lowest BCUT2D eigenvalue weighted by molar-refractivity contribution is 0.0844. The topological polar surface area (TPSA) is 145 Å². The smallest absolute Gasteiger partial charge is 0.197 e. The van der Waals surface area contributed by atoms with E-state index in [4.69, 9.17) is 23.4 Å². The Balaban J connectivity index is 1.52. The van der Waals surface area contributed by atoms with Crippen molar-refractivity contribution in [3.05, 3.63) is 88.1 Å². The zero-order valence-corrected chi connectivity index (χ0v) is 23.3. The molecule has 10 heteroatoms. The number of phenols is 3. The Kier molecular flexibility index (Phi) is 6.81. The molecule has 1 aromatic heterocycles. The molecule has 0 aliphatic carbocycles. The van der Waals surface area contributed by atoms with E-state index in [1.165, 1.54) is 39.5 Å². The van der Waals surface area contributed by atoms with Gasteiger partial charge >= 0.3 is 0 Å². The Bertz CT molecular complexity index is 1960. The van der Waals surface area contributed by atoms with Gasteiger partial charge in [0.05, 0.1) is 33.3 Å². The second-order valence-corrected chi connectivity index (χ2v) is 9.91. The average Bonchev–Trinajstić information content (AvgIpc) is 3.00. The Morgan fingerprint density at radius 3 is 2.16 bits per heavy atom. The third-order valence-electron chi connectivity index (χ3n) is 7.41. The molecule has 0 radical (unpaired) electrons. The van der Waals surface area contributed by atoms with Crippen LogP contribution in [0.5, 0.6) is 40.2 Å². The molecule has 0 amide bonds. The number of methoxy groups -OCH3 is 3. The van der Waals surface area contributed by atoms with Crippen molar-refractivity contribution in [2.45, 2.75) is 12.5 Å². The third kappa shape index (κ3) is 4.72. The summed E-state index contributed by atoms with van der Waals surface area (Å²) in [7, 11) is 4.42. The molecule has 218 valence electrons. The van der Waals surface area contributed by atoms with Crippen molar-refractivity contribution in [2.24, 2.45) is 0 Å². The molecule has 43 heavy (non-hydrogen) atoms. The fourth-order valence-corrected chi connectivity index (χ4v) is 5.30. The van der Waals surface area contributed by atoms with Gasteiger partial charge in [0.15, 0.2) is 16.8 Å². The molecule has 0 fully saturated rings. The first-order chi connectivity index (χ1) is 20.7. The first kappa shape index (κ1) is 27.5. The highest BCUT2D eigenvalue weighted by molar-refractivity contribution is 6.03. The summed E-state index contributed by atoms with van der Waals surface area (Å²) in [6, 6.07) is 17.1. The van der Waals surface area contributed by atoms with Gasteiger partial charge in [0.25, 0.3) is 0 Å². The quantitative estimate of drug-likeness (QED) is 0.219. The molecule has 0 bridgehead atoms. The Morgan fingerprint density at radius 2 is 1.47 bits per heavy atom. The van der Waals surface area contributed by atoms with Crippen LogP contribution < -0.4 is 24.4 Å². The van der Waals surface area contributed by atoms with E-state index < -0.39 is 17.3 Å². The van der Waals surface area contributed by atoms with Crippen molar-refractivity contribution >= 4 is 16.8 Å². The minimum atomic E-state index is -0.761. The van der Waals surface area contributed by atoms with Crippen molar-refractivity contribution in [1.82, 2.24) is 0 Å². The van der Waals surface area contributed by atoms with E-state index >= 15 is 0 Å². The highest BCUT2D eigenvalue weighted by Gasteiger charge is 2.32. The van der Waals surface area contributed by atoms with E-state index in [9.17, 15) is 24.9 Å². The minimum Gasteiger partial charge on any atom is -0.507 e. The van der Waals surface area contributed by atoms with E-state index in [2.05, 4.69) is 0 Å². The largest absolute Gasteiger partial charge is 0.507 e. The van der Waals surface area contributed by atoms with Crippen molar-refractivity contribution in [3.8, 4) is 62.7 Å². The van der Waals surface area contributed by atoms with Gasteiger partial charge in [-0.1, -0.05) is 6.07 Å². The van der Waals surface area contributed by atoms with Gasteiger partial charge in [-0.05, 0) is 42.0 Å². The first-order valence-electron chi connectivity index (χ1n) is 13.2. The van der Waals surface area contributed by atoms with Gasteiger partial charge < -0.3 is 38.7 Å². The lowest BCUT2D eigenvalue weighted by Crippen LogP contribution is -2.20. The summed E-state index contributed by atoms with van der Waals surface area (Å²) in [5, 5.41) is 32.0. The molecule has 10 nitrogen and oxygen atoms in total. The van der Waals surface area contributed by atoms with Gasteiger partial charge in [0.1, 0.15) is 63.1 Å². The molecule has 1 aliphatic heterocycles. The molecule has 0 unspecified atom stereocenters. The maximum Gasteiger partial charge on any atom is 0.197 e. The maximum absolute atomic E-state index is 13.3. The van der Waals surface area contributed by atoms with E-state index in [0.29, 0.717) is 33.9 Å². The SMILES string of the molecule is COc1ccc(-c2cc(=O)c3c(O)cc(O)c(-c4cc([C@@H]5CC(=O)c6c(O)cc(OC)cc6O5)ccc4OC)c3o2)cc1. The Morgan fingerprint density at radius 1 is 0.744 bits per heavy atom. The minimum absolute atomic E-state index is 0.0630. The van der Waals surface area contributed by atoms with E-state index in [1.54, 1.807) is 42.5 Å². The molecular weight excluding hydrogens is 556 g/mol. The molecule has 6 rings (SSSR count). The number of aromatic hydroxyl groups is 3. The van der Waals surface area contributed by atoms with Crippen LogP contribution in [0.25, 0.3) is 33.4 Å². The van der Waals surface area contributed by atoms with Gasteiger partial charge in [0.2, 0.25) is 0 Å². The number of ether oxygens (including phenoxy) is 4. The lowest BCUT2D eigenvalue weighted by atomic mass is 9.92.